The van der Waals surface area contributed by atoms with Crippen LogP contribution in [0.3, 0.4) is 0 Å². The number of rotatable bonds is 5. The molecule has 2 aromatic rings. The number of methoxy groups -OCH3 is 1. The molecule has 0 aromatic heterocycles. The average molecular weight is 415 g/mol. The van der Waals surface area contributed by atoms with Gasteiger partial charge >= 0.3 is 0 Å². The normalized spacial score (nSPS) is 20.6. The number of benzene rings is 2. The maximum Gasteiger partial charge on any atom is 0.243 e. The Balaban J connectivity index is 1.41. The fourth-order valence-corrected chi connectivity index (χ4v) is 6.33. The van der Waals surface area contributed by atoms with Gasteiger partial charge in [-0.2, -0.15) is 4.31 Å². The molecule has 0 N–H and O–H groups in total. The minimum atomic E-state index is -3.39. The van der Waals surface area contributed by atoms with E-state index in [1.54, 1.807) is 35.7 Å². The molecule has 0 unspecified atom stereocenters. The summed E-state index contributed by atoms with van der Waals surface area (Å²) in [7, 11) is -1.66. The number of hydrogen-bond acceptors (Lipinski definition) is 4. The quantitative estimate of drug-likeness (QED) is 0.747. The van der Waals surface area contributed by atoms with Crippen molar-refractivity contribution in [1.82, 2.24) is 9.21 Å². The van der Waals surface area contributed by atoms with Crippen LogP contribution in [0, 0.1) is 5.41 Å². The van der Waals surface area contributed by atoms with Crippen molar-refractivity contribution < 1.29 is 13.2 Å². The summed E-state index contributed by atoms with van der Waals surface area (Å²) in [4.78, 5) is 2.92. The van der Waals surface area contributed by atoms with Gasteiger partial charge in [0.05, 0.1) is 12.0 Å². The Morgan fingerprint density at radius 3 is 2.34 bits per heavy atom. The first kappa shape index (κ1) is 20.4. The monoisotopic (exact) mass is 414 g/mol. The van der Waals surface area contributed by atoms with Gasteiger partial charge in [-0.3, -0.25) is 4.90 Å². The van der Waals surface area contributed by atoms with E-state index in [0.717, 1.165) is 38.2 Å². The van der Waals surface area contributed by atoms with E-state index in [2.05, 4.69) is 17.0 Å². The summed E-state index contributed by atoms with van der Waals surface area (Å²) in [6, 6.07) is 17.0. The van der Waals surface area contributed by atoms with E-state index < -0.39 is 10.0 Å². The summed E-state index contributed by atoms with van der Waals surface area (Å²) in [5, 5.41) is 0. The highest BCUT2D eigenvalue weighted by molar-refractivity contribution is 7.89. The number of likely N-dealkylation sites (tertiary alicyclic amines) is 1. The van der Waals surface area contributed by atoms with Crippen LogP contribution in [0.5, 0.6) is 5.75 Å². The van der Waals surface area contributed by atoms with E-state index in [0.29, 0.717) is 18.0 Å². The first-order chi connectivity index (χ1) is 14.0. The second kappa shape index (κ2) is 8.46. The Labute approximate surface area is 174 Å². The van der Waals surface area contributed by atoms with Crippen LogP contribution < -0.4 is 4.74 Å². The summed E-state index contributed by atoms with van der Waals surface area (Å²) in [5.41, 5.74) is 1.44. The van der Waals surface area contributed by atoms with Gasteiger partial charge in [-0.25, -0.2) is 8.42 Å². The standard InChI is InChI=1S/C23H30N2O3S/c1-28-22-11-6-5-8-20(22)18-24-15-7-12-23(19-24)13-16-25(17-14-23)29(26,27)21-9-3-2-4-10-21/h2-6,8-11H,7,12-19H2,1H3. The lowest BCUT2D eigenvalue weighted by molar-refractivity contribution is 0.0389. The molecule has 0 bridgehead atoms. The van der Waals surface area contributed by atoms with Gasteiger partial charge in [0.25, 0.3) is 0 Å². The van der Waals surface area contributed by atoms with E-state index in [-0.39, 0.29) is 5.41 Å². The lowest BCUT2D eigenvalue weighted by atomic mass is 9.73. The molecule has 2 saturated heterocycles. The topological polar surface area (TPSA) is 49.9 Å². The van der Waals surface area contributed by atoms with Crippen LogP contribution in [0.4, 0.5) is 0 Å². The molecule has 1 spiro atoms. The Morgan fingerprint density at radius 2 is 1.62 bits per heavy atom. The van der Waals surface area contributed by atoms with Crippen LogP contribution in [0.15, 0.2) is 59.5 Å². The fraction of sp³-hybridized carbons (Fsp3) is 0.478. The molecule has 0 atom stereocenters. The maximum atomic E-state index is 12.9. The molecule has 0 amide bonds. The highest BCUT2D eigenvalue weighted by Gasteiger charge is 2.41. The van der Waals surface area contributed by atoms with Gasteiger partial charge in [0.1, 0.15) is 5.75 Å². The Morgan fingerprint density at radius 1 is 0.931 bits per heavy atom. The number of para-hydroxylation sites is 1. The number of ether oxygens (including phenoxy) is 1. The molecule has 5 nitrogen and oxygen atoms in total. The van der Waals surface area contributed by atoms with Gasteiger partial charge in [0.15, 0.2) is 0 Å². The summed E-state index contributed by atoms with van der Waals surface area (Å²) in [6.07, 6.45) is 4.22. The third-order valence-electron chi connectivity index (χ3n) is 6.49. The number of hydrogen-bond donors (Lipinski definition) is 0. The van der Waals surface area contributed by atoms with Crippen molar-refractivity contribution in [2.45, 2.75) is 37.1 Å². The molecule has 6 heteroatoms. The molecule has 0 aliphatic carbocycles. The van der Waals surface area contributed by atoms with Gasteiger partial charge in [-0.05, 0) is 55.8 Å². The molecule has 156 valence electrons. The lowest BCUT2D eigenvalue weighted by Crippen LogP contribution is -2.50. The first-order valence-electron chi connectivity index (χ1n) is 10.4. The Bertz CT molecular complexity index is 922. The minimum absolute atomic E-state index is 0.225. The van der Waals surface area contributed by atoms with Gasteiger partial charge in [0, 0.05) is 31.7 Å². The molecule has 0 radical (unpaired) electrons. The largest absolute Gasteiger partial charge is 0.496 e. The first-order valence-corrected chi connectivity index (χ1v) is 11.9. The lowest BCUT2D eigenvalue weighted by Gasteiger charge is -2.47. The van der Waals surface area contributed by atoms with E-state index >= 15 is 0 Å². The van der Waals surface area contributed by atoms with E-state index in [9.17, 15) is 8.42 Å². The molecule has 2 aromatic carbocycles. The summed E-state index contributed by atoms with van der Waals surface area (Å²) >= 11 is 0. The SMILES string of the molecule is COc1ccccc1CN1CCCC2(CCN(S(=O)(=O)c3ccccc3)CC2)C1. The van der Waals surface area contributed by atoms with Crippen molar-refractivity contribution in [2.75, 3.05) is 33.3 Å². The second-order valence-electron chi connectivity index (χ2n) is 8.34. The molecule has 4 rings (SSSR count). The molecule has 2 heterocycles. The molecule has 2 aliphatic heterocycles. The van der Waals surface area contributed by atoms with Crippen molar-refractivity contribution >= 4 is 10.0 Å². The zero-order chi connectivity index (χ0) is 20.3. The van der Waals surface area contributed by atoms with Crippen LogP contribution in [0.25, 0.3) is 0 Å². The zero-order valence-corrected chi connectivity index (χ0v) is 17.9. The molecule has 2 fully saturated rings. The van der Waals surface area contributed by atoms with E-state index in [1.807, 2.05) is 18.2 Å². The third kappa shape index (κ3) is 4.34. The van der Waals surface area contributed by atoms with Crippen LogP contribution in [-0.2, 0) is 16.6 Å². The van der Waals surface area contributed by atoms with Gasteiger partial charge in [-0.1, -0.05) is 36.4 Å². The summed E-state index contributed by atoms with van der Waals surface area (Å²) in [6.45, 7) is 4.23. The molecular weight excluding hydrogens is 384 g/mol. The Kier molecular flexibility index (Phi) is 5.95. The predicted molar refractivity (Wildman–Crippen MR) is 114 cm³/mol. The van der Waals surface area contributed by atoms with E-state index in [4.69, 9.17) is 4.74 Å². The molecule has 0 saturated carbocycles. The second-order valence-corrected chi connectivity index (χ2v) is 10.3. The van der Waals surface area contributed by atoms with Gasteiger partial charge < -0.3 is 4.74 Å². The van der Waals surface area contributed by atoms with Crippen LogP contribution >= 0.6 is 0 Å². The van der Waals surface area contributed by atoms with Crippen LogP contribution in [0.2, 0.25) is 0 Å². The molecule has 29 heavy (non-hydrogen) atoms. The van der Waals surface area contributed by atoms with Gasteiger partial charge in [0.2, 0.25) is 10.0 Å². The molecule has 2 aliphatic rings. The van der Waals surface area contributed by atoms with Crippen molar-refractivity contribution in [2.24, 2.45) is 5.41 Å². The van der Waals surface area contributed by atoms with E-state index in [1.165, 1.54) is 18.4 Å². The highest BCUT2D eigenvalue weighted by Crippen LogP contribution is 2.41. The van der Waals surface area contributed by atoms with Crippen LogP contribution in [0.1, 0.15) is 31.2 Å². The highest BCUT2D eigenvalue weighted by atomic mass is 32.2. The smallest absolute Gasteiger partial charge is 0.243 e. The summed E-state index contributed by atoms with van der Waals surface area (Å²) in [5.74, 6) is 0.941. The Hall–Kier alpha value is -1.89. The number of sulfonamides is 1. The fourth-order valence-electron chi connectivity index (χ4n) is 4.87. The van der Waals surface area contributed by atoms with Crippen molar-refractivity contribution in [3.05, 3.63) is 60.2 Å². The predicted octanol–water partition coefficient (Wildman–Crippen LogP) is 3.76. The van der Waals surface area contributed by atoms with Crippen LogP contribution in [-0.4, -0.2) is 50.9 Å². The number of piperidine rings is 2. The zero-order valence-electron chi connectivity index (χ0n) is 17.1. The average Bonchev–Trinajstić information content (AvgIpc) is 2.75. The number of nitrogens with zero attached hydrogens (tertiary/aromatic N) is 2. The maximum absolute atomic E-state index is 12.9. The van der Waals surface area contributed by atoms with Crippen molar-refractivity contribution in [1.29, 1.82) is 0 Å². The van der Waals surface area contributed by atoms with Crippen molar-refractivity contribution in [3.8, 4) is 5.75 Å². The summed E-state index contributed by atoms with van der Waals surface area (Å²) < 4.78 is 33.1. The third-order valence-corrected chi connectivity index (χ3v) is 8.40. The minimum Gasteiger partial charge on any atom is -0.496 e. The molecular formula is C23H30N2O3S. The van der Waals surface area contributed by atoms with Crippen molar-refractivity contribution in [3.63, 3.8) is 0 Å². The van der Waals surface area contributed by atoms with Gasteiger partial charge in [-0.15, -0.1) is 0 Å².